The third-order valence-corrected chi connectivity index (χ3v) is 18.9. The summed E-state index contributed by atoms with van der Waals surface area (Å²) in [5.41, 5.74) is 12.3. The standard InChI is InChI=1S/C42H30F6N2.C42H30F3N3/c1-23-9-13-29-30-14-10-24(2)18-36(30)49(35(29)17-23)39-22-27(28-7-5-6-8-33(28)41(43,44)45)21-34(42(46,47)48)40(39)50-37-19-25(3)11-15-31(37)32-16-12-26(4)20-38(32)50;1-24-9-13-31-32-14-10-25(2)18-37(32)47(36(31)17-24)40-22-28(30-7-5-6-8-35(30)42(43,44)45)21-29(23-46)41(40)48-38-19-26(3)11-15-33(38)34-16-12-27(4)20-39(34)48/h5-22H,1-4H3;5-22H,1-4H3. The molecule has 98 heavy (non-hydrogen) atoms. The van der Waals surface area contributed by atoms with Crippen LogP contribution in [0.5, 0.6) is 0 Å². The summed E-state index contributed by atoms with van der Waals surface area (Å²) in [4.78, 5) is 0. The highest BCUT2D eigenvalue weighted by molar-refractivity contribution is 6.14. The van der Waals surface area contributed by atoms with Crippen molar-refractivity contribution in [3.63, 3.8) is 0 Å². The van der Waals surface area contributed by atoms with E-state index in [4.69, 9.17) is 0 Å². The quantitative estimate of drug-likeness (QED) is 0.153. The van der Waals surface area contributed by atoms with Gasteiger partial charge in [-0.05, 0) is 207 Å². The molecule has 484 valence electrons. The highest BCUT2D eigenvalue weighted by Crippen LogP contribution is 2.50. The van der Waals surface area contributed by atoms with Gasteiger partial charge < -0.3 is 18.3 Å². The number of nitrogens with zero attached hydrogens (tertiary/aromatic N) is 5. The second kappa shape index (κ2) is 22.9. The van der Waals surface area contributed by atoms with E-state index in [0.717, 1.165) is 128 Å². The van der Waals surface area contributed by atoms with E-state index in [-0.39, 0.29) is 33.6 Å². The van der Waals surface area contributed by atoms with Gasteiger partial charge in [0.15, 0.2) is 0 Å². The van der Waals surface area contributed by atoms with Crippen molar-refractivity contribution in [1.29, 1.82) is 5.26 Å². The van der Waals surface area contributed by atoms with E-state index in [1.807, 2.05) is 134 Å². The molecule has 5 nitrogen and oxygen atoms in total. The summed E-state index contributed by atoms with van der Waals surface area (Å²) >= 11 is 0. The monoisotopic (exact) mass is 1310 g/mol. The lowest BCUT2D eigenvalue weighted by Gasteiger charge is -2.24. The number of fused-ring (bicyclic) bond motifs is 12. The normalized spacial score (nSPS) is 12.3. The molecule has 0 atom stereocenters. The molecule has 0 unspecified atom stereocenters. The maximum absolute atomic E-state index is 15.8. The van der Waals surface area contributed by atoms with E-state index in [1.54, 1.807) is 21.3 Å². The lowest BCUT2D eigenvalue weighted by molar-refractivity contribution is -0.138. The summed E-state index contributed by atoms with van der Waals surface area (Å²) in [5.74, 6) is 0. The van der Waals surface area contributed by atoms with Crippen molar-refractivity contribution in [1.82, 2.24) is 18.3 Å². The zero-order chi connectivity index (χ0) is 68.8. The molecule has 0 aliphatic heterocycles. The van der Waals surface area contributed by atoms with E-state index in [1.165, 1.54) is 36.4 Å². The molecular weight excluding hydrogens is 1250 g/mol. The molecule has 0 bridgehead atoms. The first kappa shape index (κ1) is 62.8. The van der Waals surface area contributed by atoms with E-state index in [9.17, 15) is 31.6 Å². The molecule has 0 N–H and O–H groups in total. The number of nitriles is 1. The Balaban J connectivity index is 0.000000160. The molecule has 12 aromatic carbocycles. The number of hydrogen-bond donors (Lipinski definition) is 0. The van der Waals surface area contributed by atoms with Crippen LogP contribution in [0.15, 0.2) is 218 Å². The Bertz CT molecular complexity index is 5840. The predicted molar refractivity (Wildman–Crippen MR) is 379 cm³/mol. The molecule has 16 rings (SSSR count). The molecule has 0 fully saturated rings. The third kappa shape index (κ3) is 10.4. The van der Waals surface area contributed by atoms with Crippen molar-refractivity contribution in [3.8, 4) is 51.1 Å². The highest BCUT2D eigenvalue weighted by atomic mass is 19.4. The number of rotatable bonds is 6. The summed E-state index contributed by atoms with van der Waals surface area (Å²) in [5, 5.41) is 18.2. The molecule has 0 saturated heterocycles. The van der Waals surface area contributed by atoms with Crippen LogP contribution in [0.2, 0.25) is 0 Å². The van der Waals surface area contributed by atoms with Crippen molar-refractivity contribution in [2.24, 2.45) is 0 Å². The fraction of sp³-hybridized carbons (Fsp3) is 0.131. The predicted octanol–water partition coefficient (Wildman–Crippen LogP) is 24.5. The summed E-state index contributed by atoms with van der Waals surface area (Å²) in [6, 6.07) is 66.7. The third-order valence-electron chi connectivity index (χ3n) is 18.9. The zero-order valence-corrected chi connectivity index (χ0v) is 54.4. The van der Waals surface area contributed by atoms with Gasteiger partial charge in [0.25, 0.3) is 0 Å². The van der Waals surface area contributed by atoms with Gasteiger partial charge in [-0.25, -0.2) is 0 Å². The Morgan fingerprint density at radius 3 is 0.786 bits per heavy atom. The average molecular weight is 1310 g/mol. The van der Waals surface area contributed by atoms with Crippen molar-refractivity contribution in [2.75, 3.05) is 0 Å². The van der Waals surface area contributed by atoms with Crippen molar-refractivity contribution < 1.29 is 39.5 Å². The molecule has 0 spiro atoms. The number of aromatic nitrogens is 4. The fourth-order valence-corrected chi connectivity index (χ4v) is 14.6. The number of aryl methyl sites for hydroxylation is 8. The largest absolute Gasteiger partial charge is 0.418 e. The summed E-state index contributed by atoms with van der Waals surface area (Å²) in [6.45, 7) is 15.7. The second-order valence-electron chi connectivity index (χ2n) is 26.0. The Morgan fingerprint density at radius 1 is 0.265 bits per heavy atom. The van der Waals surface area contributed by atoms with Crippen LogP contribution >= 0.6 is 0 Å². The maximum Gasteiger partial charge on any atom is 0.418 e. The van der Waals surface area contributed by atoms with Crippen molar-refractivity contribution >= 4 is 87.2 Å². The Morgan fingerprint density at radius 2 is 0.510 bits per heavy atom. The average Bonchev–Trinajstić information content (AvgIpc) is 1.42. The maximum atomic E-state index is 15.8. The van der Waals surface area contributed by atoms with Crippen LogP contribution in [-0.4, -0.2) is 18.3 Å². The molecule has 16 aromatic rings. The molecular formula is C84H60F9N5. The van der Waals surface area contributed by atoms with Gasteiger partial charge in [0.1, 0.15) is 6.07 Å². The van der Waals surface area contributed by atoms with E-state index in [0.29, 0.717) is 39.0 Å². The smallest absolute Gasteiger partial charge is 0.307 e. The highest BCUT2D eigenvalue weighted by Gasteiger charge is 2.40. The number of benzene rings is 12. The summed E-state index contributed by atoms with van der Waals surface area (Å²) < 4.78 is 142. The van der Waals surface area contributed by atoms with Gasteiger partial charge in [0.2, 0.25) is 0 Å². The molecule has 14 heteroatoms. The zero-order valence-electron chi connectivity index (χ0n) is 54.4. The van der Waals surface area contributed by atoms with Gasteiger partial charge >= 0.3 is 18.5 Å². The summed E-state index contributed by atoms with van der Waals surface area (Å²) in [7, 11) is 0. The van der Waals surface area contributed by atoms with E-state index >= 15 is 13.2 Å². The molecule has 0 saturated carbocycles. The van der Waals surface area contributed by atoms with Crippen molar-refractivity contribution in [2.45, 2.75) is 73.9 Å². The van der Waals surface area contributed by atoms with Crippen LogP contribution in [0, 0.1) is 66.7 Å². The molecule has 0 radical (unpaired) electrons. The Labute approximate surface area is 557 Å². The van der Waals surface area contributed by atoms with Gasteiger partial charge in [-0.2, -0.15) is 44.8 Å². The lowest BCUT2D eigenvalue weighted by Crippen LogP contribution is -2.15. The number of halogens is 9. The van der Waals surface area contributed by atoms with Crippen molar-refractivity contribution in [3.05, 3.63) is 285 Å². The van der Waals surface area contributed by atoms with Crippen LogP contribution < -0.4 is 0 Å². The molecule has 4 heterocycles. The van der Waals surface area contributed by atoms with Gasteiger partial charge in [-0.15, -0.1) is 0 Å². The van der Waals surface area contributed by atoms with Crippen LogP contribution in [0.3, 0.4) is 0 Å². The van der Waals surface area contributed by atoms with E-state index < -0.39 is 35.2 Å². The molecule has 0 amide bonds. The van der Waals surface area contributed by atoms with E-state index in [2.05, 4.69) is 88.0 Å². The van der Waals surface area contributed by atoms with Crippen LogP contribution in [0.25, 0.3) is 132 Å². The first-order valence-electron chi connectivity index (χ1n) is 32.0. The van der Waals surface area contributed by atoms with Gasteiger partial charge in [0, 0.05) is 43.1 Å². The Kier molecular flexibility index (Phi) is 14.7. The second-order valence-corrected chi connectivity index (χ2v) is 26.0. The molecule has 0 aliphatic rings. The van der Waals surface area contributed by atoms with Crippen LogP contribution in [-0.2, 0) is 18.5 Å². The van der Waals surface area contributed by atoms with Gasteiger partial charge in [-0.3, -0.25) is 0 Å². The minimum absolute atomic E-state index is 0.0244. The number of hydrogen-bond acceptors (Lipinski definition) is 1. The number of alkyl halides is 9. The topological polar surface area (TPSA) is 43.5 Å². The fourth-order valence-electron chi connectivity index (χ4n) is 14.6. The summed E-state index contributed by atoms with van der Waals surface area (Å²) in [6.07, 6.45) is -14.3. The minimum Gasteiger partial charge on any atom is -0.307 e. The first-order valence-corrected chi connectivity index (χ1v) is 32.0. The van der Waals surface area contributed by atoms with Gasteiger partial charge in [0.05, 0.1) is 89.1 Å². The minimum atomic E-state index is -4.95. The Hall–Kier alpha value is -11.3. The van der Waals surface area contributed by atoms with Crippen LogP contribution in [0.4, 0.5) is 39.5 Å². The molecule has 0 aliphatic carbocycles. The lowest BCUT2D eigenvalue weighted by atomic mass is 9.95. The molecule has 4 aromatic heterocycles. The SMILES string of the molecule is Cc1ccc2c3ccc(C)cc3n(-c3cc(-c4ccccc4C(F)(F)F)cc(C#N)c3-n3c4cc(C)ccc4c4ccc(C)cc43)c2c1.Cc1ccc2c3ccc(C)cc3n(-c3cc(-c4ccccc4C(F)(F)F)cc(C(F)(F)F)c3-n3c4cc(C)ccc4c4ccc(C)cc43)c2c1. The first-order chi connectivity index (χ1) is 46.7. The van der Waals surface area contributed by atoms with Crippen LogP contribution in [0.1, 0.15) is 66.8 Å². The van der Waals surface area contributed by atoms with Gasteiger partial charge in [-0.1, -0.05) is 133 Å².